The van der Waals surface area contributed by atoms with Gasteiger partial charge in [-0.25, -0.2) is 0 Å². The molecule has 0 aromatic heterocycles. The molecule has 1 fully saturated rings. The van der Waals surface area contributed by atoms with E-state index < -0.39 is 0 Å². The Balaban J connectivity index is 1.62. The highest BCUT2D eigenvalue weighted by atomic mass is 16.5. The highest BCUT2D eigenvalue weighted by Gasteiger charge is 2.21. The average Bonchev–Trinajstić information content (AvgIpc) is 2.59. The molecule has 0 unspecified atom stereocenters. The van der Waals surface area contributed by atoms with Gasteiger partial charge in [-0.3, -0.25) is 0 Å². The van der Waals surface area contributed by atoms with E-state index in [2.05, 4.69) is 36.9 Å². The molecule has 0 amide bonds. The van der Waals surface area contributed by atoms with Crippen LogP contribution in [0.4, 0.5) is 5.69 Å². The smallest absolute Gasteiger partial charge is 0.160 e. The molecule has 0 saturated carbocycles. The molecule has 1 aliphatic heterocycles. The lowest BCUT2D eigenvalue weighted by molar-refractivity contribution is -0.914. The van der Waals surface area contributed by atoms with E-state index in [4.69, 9.17) is 4.74 Å². The lowest BCUT2D eigenvalue weighted by atomic mass is 10.1. The van der Waals surface area contributed by atoms with Crippen molar-refractivity contribution in [2.45, 2.75) is 20.4 Å². The number of aromatic hydroxyl groups is 1. The highest BCUT2D eigenvalue weighted by molar-refractivity contribution is 5.55. The van der Waals surface area contributed by atoms with Crippen LogP contribution in [0.25, 0.3) is 0 Å². The molecule has 0 bridgehead atoms. The van der Waals surface area contributed by atoms with E-state index >= 15 is 0 Å². The van der Waals surface area contributed by atoms with Gasteiger partial charge in [-0.2, -0.15) is 0 Å². The van der Waals surface area contributed by atoms with Crippen molar-refractivity contribution in [3.05, 3.63) is 53.1 Å². The van der Waals surface area contributed by atoms with Crippen molar-refractivity contribution in [2.75, 3.05) is 38.2 Å². The Kier molecular flexibility index (Phi) is 4.95. The molecule has 1 aliphatic rings. The van der Waals surface area contributed by atoms with E-state index in [0.29, 0.717) is 5.75 Å². The van der Waals surface area contributed by atoms with E-state index in [0.717, 1.165) is 32.7 Å². The lowest BCUT2D eigenvalue weighted by Crippen LogP contribution is -3.13. The summed E-state index contributed by atoms with van der Waals surface area (Å²) in [5, 5.41) is 9.71. The van der Waals surface area contributed by atoms with Gasteiger partial charge in [-0.1, -0.05) is 12.1 Å². The van der Waals surface area contributed by atoms with Crippen LogP contribution < -0.4 is 14.5 Å². The third-order valence-corrected chi connectivity index (χ3v) is 4.87. The van der Waals surface area contributed by atoms with Crippen LogP contribution in [0.1, 0.15) is 16.7 Å². The van der Waals surface area contributed by atoms with Gasteiger partial charge in [0.15, 0.2) is 11.5 Å². The van der Waals surface area contributed by atoms with Crippen molar-refractivity contribution in [2.24, 2.45) is 0 Å². The summed E-state index contributed by atoms with van der Waals surface area (Å²) in [5.74, 6) is 0.761. The molecule has 128 valence electrons. The largest absolute Gasteiger partial charge is 0.504 e. The van der Waals surface area contributed by atoms with Crippen molar-refractivity contribution in [3.8, 4) is 11.5 Å². The monoisotopic (exact) mass is 327 g/mol. The molecular weight excluding hydrogens is 300 g/mol. The molecule has 24 heavy (non-hydrogen) atoms. The van der Waals surface area contributed by atoms with Gasteiger partial charge in [0, 0.05) is 11.3 Å². The summed E-state index contributed by atoms with van der Waals surface area (Å²) in [7, 11) is 1.59. The Hall–Kier alpha value is -2.20. The summed E-state index contributed by atoms with van der Waals surface area (Å²) in [6.45, 7) is 9.72. The number of benzene rings is 2. The summed E-state index contributed by atoms with van der Waals surface area (Å²) in [6, 6.07) is 12.3. The van der Waals surface area contributed by atoms with Crippen LogP contribution in [0.15, 0.2) is 36.4 Å². The van der Waals surface area contributed by atoms with Gasteiger partial charge in [0.2, 0.25) is 0 Å². The fraction of sp³-hybridized carbons (Fsp3) is 0.400. The predicted molar refractivity (Wildman–Crippen MR) is 97.2 cm³/mol. The minimum absolute atomic E-state index is 0.205. The van der Waals surface area contributed by atoms with Crippen LogP contribution in [-0.2, 0) is 6.54 Å². The van der Waals surface area contributed by atoms with Gasteiger partial charge < -0.3 is 19.6 Å². The van der Waals surface area contributed by atoms with Gasteiger partial charge in [0.1, 0.15) is 6.54 Å². The number of aryl methyl sites for hydroxylation is 2. The lowest BCUT2D eigenvalue weighted by Gasteiger charge is -2.34. The van der Waals surface area contributed by atoms with Crippen LogP contribution in [0.5, 0.6) is 11.5 Å². The fourth-order valence-corrected chi connectivity index (χ4v) is 3.42. The summed E-state index contributed by atoms with van der Waals surface area (Å²) in [4.78, 5) is 4.08. The van der Waals surface area contributed by atoms with Crippen LogP contribution in [0.3, 0.4) is 0 Å². The van der Waals surface area contributed by atoms with Crippen molar-refractivity contribution >= 4 is 5.69 Å². The van der Waals surface area contributed by atoms with E-state index in [-0.39, 0.29) is 5.75 Å². The standard InChI is InChI=1S/C20H26N2O2/c1-15-4-5-16(2)18(12-15)22-10-8-21(9-11-22)14-17-6-7-19(23)20(13-17)24-3/h4-7,12-13,23H,8-11,14H2,1-3H3/p+1. The average molecular weight is 327 g/mol. The Labute approximate surface area is 144 Å². The molecule has 4 nitrogen and oxygen atoms in total. The first-order valence-electron chi connectivity index (χ1n) is 8.58. The van der Waals surface area contributed by atoms with Crippen molar-refractivity contribution in [3.63, 3.8) is 0 Å². The number of ether oxygens (including phenoxy) is 1. The number of phenolic OH excluding ortho intramolecular Hbond substituents is 1. The number of methoxy groups -OCH3 is 1. The van der Waals surface area contributed by atoms with Crippen molar-refractivity contribution in [1.29, 1.82) is 0 Å². The number of hydrogen-bond donors (Lipinski definition) is 2. The Morgan fingerprint density at radius 1 is 1.08 bits per heavy atom. The molecule has 2 aromatic rings. The second kappa shape index (κ2) is 7.14. The van der Waals surface area contributed by atoms with E-state index in [1.807, 2.05) is 12.1 Å². The number of hydrogen-bond acceptors (Lipinski definition) is 3. The van der Waals surface area contributed by atoms with E-state index in [1.165, 1.54) is 22.4 Å². The number of quaternary nitrogens is 1. The first-order chi connectivity index (χ1) is 11.6. The molecular formula is C20H27N2O2+. The summed E-state index contributed by atoms with van der Waals surface area (Å²) in [6.07, 6.45) is 0. The minimum Gasteiger partial charge on any atom is -0.504 e. The van der Waals surface area contributed by atoms with Crippen LogP contribution in [0, 0.1) is 13.8 Å². The molecule has 2 N–H and O–H groups in total. The highest BCUT2D eigenvalue weighted by Crippen LogP contribution is 2.26. The molecule has 4 heteroatoms. The van der Waals surface area contributed by atoms with Crippen LogP contribution in [0.2, 0.25) is 0 Å². The Bertz CT molecular complexity index is 707. The molecule has 3 rings (SSSR count). The molecule has 0 atom stereocenters. The minimum atomic E-state index is 0.205. The molecule has 2 aromatic carbocycles. The number of nitrogens with zero attached hydrogens (tertiary/aromatic N) is 1. The molecule has 0 radical (unpaired) electrons. The zero-order chi connectivity index (χ0) is 17.1. The van der Waals surface area contributed by atoms with Gasteiger partial charge in [0.05, 0.1) is 33.3 Å². The zero-order valence-corrected chi connectivity index (χ0v) is 14.8. The SMILES string of the molecule is COc1cc(C[NH+]2CCN(c3cc(C)ccc3C)CC2)ccc1O. The topological polar surface area (TPSA) is 37.1 Å². The number of anilines is 1. The number of nitrogens with one attached hydrogen (secondary N) is 1. The first-order valence-corrected chi connectivity index (χ1v) is 8.58. The molecule has 0 spiro atoms. The third kappa shape index (κ3) is 3.65. The molecule has 1 heterocycles. The van der Waals surface area contributed by atoms with Crippen LogP contribution in [-0.4, -0.2) is 38.4 Å². The van der Waals surface area contributed by atoms with Gasteiger partial charge in [-0.15, -0.1) is 0 Å². The van der Waals surface area contributed by atoms with Crippen LogP contribution >= 0.6 is 0 Å². The molecule has 0 aliphatic carbocycles. The maximum Gasteiger partial charge on any atom is 0.160 e. The summed E-state index contributed by atoms with van der Waals surface area (Å²) >= 11 is 0. The fourth-order valence-electron chi connectivity index (χ4n) is 3.42. The Morgan fingerprint density at radius 2 is 1.83 bits per heavy atom. The number of phenols is 1. The number of piperazine rings is 1. The zero-order valence-electron chi connectivity index (χ0n) is 14.8. The third-order valence-electron chi connectivity index (χ3n) is 4.87. The number of rotatable bonds is 4. The van der Waals surface area contributed by atoms with Gasteiger partial charge >= 0.3 is 0 Å². The Morgan fingerprint density at radius 3 is 2.54 bits per heavy atom. The van der Waals surface area contributed by atoms with Crippen molar-refractivity contribution < 1.29 is 14.7 Å². The normalized spacial score (nSPS) is 15.5. The van der Waals surface area contributed by atoms with E-state index in [9.17, 15) is 5.11 Å². The molecule has 1 saturated heterocycles. The predicted octanol–water partition coefficient (Wildman–Crippen LogP) is 1.92. The maximum absolute atomic E-state index is 9.71. The second-order valence-corrected chi connectivity index (χ2v) is 6.71. The van der Waals surface area contributed by atoms with E-state index in [1.54, 1.807) is 18.1 Å². The van der Waals surface area contributed by atoms with Gasteiger partial charge in [-0.05, 0) is 49.2 Å². The quantitative estimate of drug-likeness (QED) is 0.901. The second-order valence-electron chi connectivity index (χ2n) is 6.71. The van der Waals surface area contributed by atoms with Gasteiger partial charge in [0.25, 0.3) is 0 Å². The first kappa shape index (κ1) is 16.7. The summed E-state index contributed by atoms with van der Waals surface area (Å²) in [5.41, 5.74) is 5.26. The maximum atomic E-state index is 9.71. The summed E-state index contributed by atoms with van der Waals surface area (Å²) < 4.78 is 5.21. The van der Waals surface area contributed by atoms with Crippen molar-refractivity contribution in [1.82, 2.24) is 0 Å².